The number of aryl methyl sites for hydroxylation is 2. The van der Waals surface area contributed by atoms with Gasteiger partial charge in [-0.05, 0) is 72.1 Å². The Bertz CT molecular complexity index is 2980. The van der Waals surface area contributed by atoms with Crippen molar-refractivity contribution in [2.75, 3.05) is 0 Å². The Balaban J connectivity index is 1.30. The molecule has 0 atom stereocenters. The Morgan fingerprint density at radius 3 is 1.31 bits per heavy atom. The first-order valence-corrected chi connectivity index (χ1v) is 17.9. The molecule has 54 heavy (non-hydrogen) atoms. The maximum Gasteiger partial charge on any atom is 0.164 e. The lowest BCUT2D eigenvalue weighted by Crippen LogP contribution is -2.01. The molecule has 0 aliphatic heterocycles. The summed E-state index contributed by atoms with van der Waals surface area (Å²) in [5.74, 6) is 1.81. The van der Waals surface area contributed by atoms with Gasteiger partial charge in [-0.25, -0.2) is 24.9 Å². The summed E-state index contributed by atoms with van der Waals surface area (Å²) in [7, 11) is 0. The number of fused-ring (bicyclic) bond motifs is 6. The van der Waals surface area contributed by atoms with E-state index in [-0.39, 0.29) is 0 Å². The molecule has 0 radical (unpaired) electrons. The fourth-order valence-electron chi connectivity index (χ4n) is 7.75. The highest BCUT2D eigenvalue weighted by atomic mass is 15.0. The van der Waals surface area contributed by atoms with Crippen LogP contribution in [0.2, 0.25) is 0 Å². The van der Waals surface area contributed by atoms with Crippen LogP contribution in [0, 0.1) is 13.8 Å². The maximum absolute atomic E-state index is 5.47. The smallest absolute Gasteiger partial charge is 0.164 e. The largest absolute Gasteiger partial charge is 0.265 e. The second kappa shape index (κ2) is 12.8. The molecule has 0 N–H and O–H groups in total. The molecule has 7 nitrogen and oxygen atoms in total. The third-order valence-electron chi connectivity index (χ3n) is 10.2. The van der Waals surface area contributed by atoms with E-state index in [4.69, 9.17) is 24.9 Å². The van der Waals surface area contributed by atoms with E-state index in [1.807, 2.05) is 116 Å². The molecular formula is C47H31N7. The van der Waals surface area contributed by atoms with Crippen LogP contribution in [-0.4, -0.2) is 34.9 Å². The van der Waals surface area contributed by atoms with Crippen LogP contribution in [0.1, 0.15) is 11.1 Å². The van der Waals surface area contributed by atoms with E-state index in [1.54, 1.807) is 0 Å². The van der Waals surface area contributed by atoms with Gasteiger partial charge in [0.15, 0.2) is 17.5 Å². The highest BCUT2D eigenvalue weighted by Gasteiger charge is 2.23. The first kappa shape index (κ1) is 31.5. The Labute approximate surface area is 311 Å². The molecule has 0 amide bonds. The second-order valence-electron chi connectivity index (χ2n) is 13.4. The van der Waals surface area contributed by atoms with E-state index in [0.29, 0.717) is 17.5 Å². The lowest BCUT2D eigenvalue weighted by molar-refractivity contribution is 1.07. The van der Waals surface area contributed by atoms with Crippen molar-refractivity contribution in [1.29, 1.82) is 0 Å². The predicted octanol–water partition coefficient (Wildman–Crippen LogP) is 11.0. The van der Waals surface area contributed by atoms with Crippen LogP contribution in [0.4, 0.5) is 0 Å². The number of aromatic nitrogens is 7. The van der Waals surface area contributed by atoms with Crippen molar-refractivity contribution < 1.29 is 0 Å². The molecule has 7 heteroatoms. The van der Waals surface area contributed by atoms with Crippen LogP contribution in [0.15, 0.2) is 152 Å². The van der Waals surface area contributed by atoms with E-state index in [1.165, 1.54) is 5.39 Å². The lowest BCUT2D eigenvalue weighted by Gasteiger charge is -2.21. The second-order valence-corrected chi connectivity index (χ2v) is 13.4. The molecule has 0 aliphatic carbocycles. The highest BCUT2D eigenvalue weighted by Crippen LogP contribution is 2.45. The average Bonchev–Trinajstić information content (AvgIpc) is 3.25. The minimum Gasteiger partial charge on any atom is -0.265 e. The van der Waals surface area contributed by atoms with Crippen molar-refractivity contribution in [3.8, 4) is 56.7 Å². The van der Waals surface area contributed by atoms with Gasteiger partial charge in [0.2, 0.25) is 0 Å². The highest BCUT2D eigenvalue weighted by molar-refractivity contribution is 6.25. The van der Waals surface area contributed by atoms with Crippen molar-refractivity contribution in [3.05, 3.63) is 163 Å². The Morgan fingerprint density at radius 1 is 0.333 bits per heavy atom. The van der Waals surface area contributed by atoms with Crippen LogP contribution in [0.3, 0.4) is 0 Å². The monoisotopic (exact) mass is 693 g/mol. The van der Waals surface area contributed by atoms with Gasteiger partial charge in [-0.3, -0.25) is 9.97 Å². The number of rotatable bonds is 5. The van der Waals surface area contributed by atoms with Crippen molar-refractivity contribution in [3.63, 3.8) is 0 Å². The molecule has 0 fully saturated rings. The van der Waals surface area contributed by atoms with Gasteiger partial charge in [-0.2, -0.15) is 0 Å². The molecule has 5 aromatic carbocycles. The molecule has 10 aromatic rings. The number of pyridine rings is 4. The third-order valence-corrected chi connectivity index (χ3v) is 10.2. The summed E-state index contributed by atoms with van der Waals surface area (Å²) in [5.41, 5.74) is 10.6. The summed E-state index contributed by atoms with van der Waals surface area (Å²) in [5, 5.41) is 6.71. The molecule has 5 heterocycles. The molecule has 0 bridgehead atoms. The topological polar surface area (TPSA) is 90.2 Å². The Hall–Kier alpha value is -7.25. The zero-order valence-electron chi connectivity index (χ0n) is 29.6. The van der Waals surface area contributed by atoms with Crippen molar-refractivity contribution in [2.24, 2.45) is 0 Å². The molecule has 0 saturated heterocycles. The Kier molecular flexibility index (Phi) is 7.44. The van der Waals surface area contributed by atoms with Gasteiger partial charge in [0, 0.05) is 74.1 Å². The van der Waals surface area contributed by atoms with Crippen LogP contribution in [0.5, 0.6) is 0 Å². The molecule has 0 saturated carbocycles. The minimum absolute atomic E-state index is 0.582. The van der Waals surface area contributed by atoms with Gasteiger partial charge < -0.3 is 0 Å². The van der Waals surface area contributed by atoms with Gasteiger partial charge in [0.25, 0.3) is 0 Å². The summed E-state index contributed by atoms with van der Waals surface area (Å²) in [4.78, 5) is 34.4. The average molecular weight is 694 g/mol. The van der Waals surface area contributed by atoms with E-state index in [9.17, 15) is 0 Å². The first-order valence-electron chi connectivity index (χ1n) is 17.9. The van der Waals surface area contributed by atoms with Gasteiger partial charge in [0.1, 0.15) is 0 Å². The molecule has 0 aliphatic rings. The van der Waals surface area contributed by atoms with Crippen LogP contribution in [-0.2, 0) is 0 Å². The quantitative estimate of drug-likeness (QED) is 0.131. The maximum atomic E-state index is 5.47. The molecule has 10 rings (SSSR count). The standard InChI is InChI=1S/C47H31N7/c1-28-39-35-15-9-10-16-37(35)50-43(30-19-23-48-24-20-30)41(39)29(2)40-36-18-17-34(27-38(36)51-44(42(28)40)31-21-25-49-26-22-31)47-53-45(32-11-5-3-6-12-32)52-46(54-47)33-13-7-4-8-14-33/h3-27H,1-2H3. The summed E-state index contributed by atoms with van der Waals surface area (Å²) in [6.07, 6.45) is 7.32. The summed E-state index contributed by atoms with van der Waals surface area (Å²) in [6, 6.07) is 43.0. The number of nitrogens with zero attached hydrogens (tertiary/aromatic N) is 7. The zero-order valence-corrected chi connectivity index (χ0v) is 29.6. The number of hydrogen-bond acceptors (Lipinski definition) is 7. The SMILES string of the molecule is Cc1c2c(-c3ccncc3)nc3cc(-c4nc(-c5ccccc5)nc(-c5ccccc5)n4)ccc3c2c(C)c2c(-c3ccncc3)nc3ccccc3c12. The van der Waals surface area contributed by atoms with Crippen molar-refractivity contribution >= 4 is 43.4 Å². The normalized spacial score (nSPS) is 11.5. The van der Waals surface area contributed by atoms with E-state index in [2.05, 4.69) is 60.2 Å². The van der Waals surface area contributed by atoms with Crippen LogP contribution < -0.4 is 0 Å². The van der Waals surface area contributed by atoms with Gasteiger partial charge >= 0.3 is 0 Å². The predicted molar refractivity (Wildman–Crippen MR) is 218 cm³/mol. The van der Waals surface area contributed by atoms with Gasteiger partial charge in [-0.15, -0.1) is 0 Å². The van der Waals surface area contributed by atoms with E-state index < -0.39 is 0 Å². The van der Waals surface area contributed by atoms with Gasteiger partial charge in [-0.1, -0.05) is 91.0 Å². The van der Waals surface area contributed by atoms with E-state index >= 15 is 0 Å². The number of benzene rings is 5. The van der Waals surface area contributed by atoms with Crippen LogP contribution in [0.25, 0.3) is 100 Å². The summed E-state index contributed by atoms with van der Waals surface area (Å²) < 4.78 is 0. The Morgan fingerprint density at radius 2 is 0.778 bits per heavy atom. The van der Waals surface area contributed by atoms with Crippen molar-refractivity contribution in [2.45, 2.75) is 13.8 Å². The molecule has 5 aromatic heterocycles. The van der Waals surface area contributed by atoms with Crippen LogP contribution >= 0.6 is 0 Å². The summed E-state index contributed by atoms with van der Waals surface area (Å²) >= 11 is 0. The molecular weight excluding hydrogens is 663 g/mol. The first-order chi connectivity index (χ1) is 26.6. The fraction of sp³-hybridized carbons (Fsp3) is 0.0426. The molecule has 0 unspecified atom stereocenters. The van der Waals surface area contributed by atoms with E-state index in [0.717, 1.165) is 88.3 Å². The van der Waals surface area contributed by atoms with Crippen molar-refractivity contribution in [1.82, 2.24) is 34.9 Å². The fourth-order valence-corrected chi connectivity index (χ4v) is 7.75. The van der Waals surface area contributed by atoms with Gasteiger partial charge in [0.05, 0.1) is 22.4 Å². The lowest BCUT2D eigenvalue weighted by atomic mass is 9.86. The number of hydrogen-bond donors (Lipinski definition) is 0. The third kappa shape index (κ3) is 5.17. The zero-order chi connectivity index (χ0) is 36.2. The molecule has 254 valence electrons. The summed E-state index contributed by atoms with van der Waals surface area (Å²) in [6.45, 7) is 4.44. The molecule has 0 spiro atoms. The number of para-hydroxylation sites is 1. The minimum atomic E-state index is 0.582.